The smallest absolute Gasteiger partial charge is 0.238 e. The Labute approximate surface area is 143 Å². The molecule has 2 rings (SSSR count). The molecule has 0 bridgehead atoms. The Bertz CT molecular complexity index is 596. The van der Waals surface area contributed by atoms with E-state index in [1.54, 1.807) is 0 Å². The summed E-state index contributed by atoms with van der Waals surface area (Å²) in [6.45, 7) is 4.12. The van der Waals surface area contributed by atoms with Crippen LogP contribution < -0.4 is 5.32 Å². The van der Waals surface area contributed by atoms with Gasteiger partial charge < -0.3 is 4.90 Å². The van der Waals surface area contributed by atoms with Crippen LogP contribution in [0.5, 0.6) is 0 Å². The molecular weight excluding hydrogens is 312 g/mol. The Morgan fingerprint density at radius 2 is 1.74 bits per heavy atom. The molecule has 1 aromatic carbocycles. The first-order chi connectivity index (χ1) is 10.5. The summed E-state index contributed by atoms with van der Waals surface area (Å²) in [6, 6.07) is 13.1. The molecule has 1 heterocycles. The minimum Gasteiger partial charge on any atom is -0.310 e. The second-order valence-electron chi connectivity index (χ2n) is 6.01. The van der Waals surface area contributed by atoms with E-state index in [9.17, 15) is 4.79 Å². The molecule has 1 amide bonds. The second-order valence-corrected chi connectivity index (χ2v) is 6.01. The molecule has 1 N–H and O–H groups in total. The molecule has 0 unspecified atom stereocenters. The van der Waals surface area contributed by atoms with Gasteiger partial charge in [-0.05, 0) is 32.3 Å². The number of hydrogen-bond donors (Lipinski definition) is 1. The normalized spacial score (nSPS) is 20.3. The van der Waals surface area contributed by atoms with E-state index in [2.05, 4.69) is 17.5 Å². The van der Waals surface area contributed by atoms with Crippen molar-refractivity contribution < 1.29 is 4.79 Å². The van der Waals surface area contributed by atoms with Gasteiger partial charge in [0, 0.05) is 5.54 Å². The molecule has 1 aromatic rings. The lowest BCUT2D eigenvalue weighted by Crippen LogP contribution is -2.48. The van der Waals surface area contributed by atoms with Crippen LogP contribution in [0.15, 0.2) is 30.3 Å². The monoisotopic (exact) mass is 332 g/mol. The minimum absolute atomic E-state index is 0. The highest BCUT2D eigenvalue weighted by Gasteiger charge is 2.37. The van der Waals surface area contributed by atoms with E-state index in [1.165, 1.54) is 4.90 Å². The Morgan fingerprint density at radius 3 is 2.22 bits per heavy atom. The van der Waals surface area contributed by atoms with E-state index < -0.39 is 12.1 Å². The van der Waals surface area contributed by atoms with Crippen LogP contribution in [-0.2, 0) is 10.3 Å². The van der Waals surface area contributed by atoms with Crippen LogP contribution in [-0.4, -0.2) is 29.4 Å². The van der Waals surface area contributed by atoms with E-state index in [-0.39, 0.29) is 30.4 Å². The minimum atomic E-state index is -0.487. The van der Waals surface area contributed by atoms with Gasteiger partial charge in [-0.2, -0.15) is 10.5 Å². The van der Waals surface area contributed by atoms with Gasteiger partial charge in [0.15, 0.2) is 0 Å². The van der Waals surface area contributed by atoms with E-state index in [0.717, 1.165) is 5.56 Å². The summed E-state index contributed by atoms with van der Waals surface area (Å²) in [5, 5.41) is 21.5. The van der Waals surface area contributed by atoms with Crippen LogP contribution in [0.4, 0.5) is 0 Å². The number of amides is 1. The fourth-order valence-electron chi connectivity index (χ4n) is 2.76. The molecule has 1 aliphatic heterocycles. The molecule has 0 aromatic heterocycles. The fraction of sp³-hybridized carbons (Fsp3) is 0.471. The number of benzene rings is 1. The Balaban J connectivity index is 0.00000264. The molecule has 23 heavy (non-hydrogen) atoms. The average molecular weight is 333 g/mol. The average Bonchev–Trinajstić information content (AvgIpc) is 2.96. The van der Waals surface area contributed by atoms with Crippen molar-refractivity contribution in [2.24, 2.45) is 0 Å². The highest BCUT2D eigenvalue weighted by atomic mass is 35.5. The summed E-state index contributed by atoms with van der Waals surface area (Å²) in [6.07, 6.45) is 1.14. The number of rotatable bonds is 4. The second kappa shape index (κ2) is 7.97. The van der Waals surface area contributed by atoms with Crippen molar-refractivity contribution in [2.45, 2.75) is 44.3 Å². The first-order valence-electron chi connectivity index (χ1n) is 7.40. The molecule has 1 fully saturated rings. The van der Waals surface area contributed by atoms with Gasteiger partial charge in [-0.3, -0.25) is 10.1 Å². The van der Waals surface area contributed by atoms with Gasteiger partial charge in [0.2, 0.25) is 5.91 Å². The lowest BCUT2D eigenvalue weighted by Gasteiger charge is -2.29. The van der Waals surface area contributed by atoms with E-state index >= 15 is 0 Å². The lowest BCUT2D eigenvalue weighted by atomic mass is 9.94. The summed E-state index contributed by atoms with van der Waals surface area (Å²) in [4.78, 5) is 13.8. The maximum absolute atomic E-state index is 12.4. The lowest BCUT2D eigenvalue weighted by molar-refractivity contribution is -0.131. The number of carbonyl (C=O) groups excluding carboxylic acids is 1. The third-order valence-electron chi connectivity index (χ3n) is 4.15. The van der Waals surface area contributed by atoms with Crippen molar-refractivity contribution in [3.05, 3.63) is 35.9 Å². The van der Waals surface area contributed by atoms with Gasteiger partial charge in [-0.1, -0.05) is 30.3 Å². The molecule has 0 saturated carbocycles. The van der Waals surface area contributed by atoms with Crippen LogP contribution in [0.2, 0.25) is 0 Å². The quantitative estimate of drug-likeness (QED) is 0.917. The molecule has 0 spiro atoms. The van der Waals surface area contributed by atoms with Crippen molar-refractivity contribution in [1.29, 1.82) is 10.5 Å². The zero-order valence-corrected chi connectivity index (χ0v) is 14.1. The SMILES string of the molecule is CC(C)(NCC(=O)N1[C@H](C#N)CC[C@@H]1C#N)c1ccccc1.Cl. The molecule has 0 radical (unpaired) electrons. The number of nitrogens with one attached hydrogen (secondary N) is 1. The highest BCUT2D eigenvalue weighted by molar-refractivity contribution is 5.85. The van der Waals surface area contributed by atoms with Crippen LogP contribution in [0, 0.1) is 22.7 Å². The van der Waals surface area contributed by atoms with Gasteiger partial charge in [0.05, 0.1) is 18.7 Å². The van der Waals surface area contributed by atoms with Gasteiger partial charge in [-0.15, -0.1) is 12.4 Å². The van der Waals surface area contributed by atoms with Gasteiger partial charge in [0.25, 0.3) is 0 Å². The molecule has 122 valence electrons. The number of nitrogens with zero attached hydrogens (tertiary/aromatic N) is 3. The first-order valence-corrected chi connectivity index (χ1v) is 7.40. The maximum atomic E-state index is 12.4. The summed E-state index contributed by atoms with van der Waals surface area (Å²) in [7, 11) is 0. The van der Waals surface area contributed by atoms with Crippen LogP contribution in [0.1, 0.15) is 32.3 Å². The fourth-order valence-corrected chi connectivity index (χ4v) is 2.76. The predicted octanol–water partition coefficient (Wildman–Crippen LogP) is 2.34. The maximum Gasteiger partial charge on any atom is 0.238 e. The number of nitriles is 2. The predicted molar refractivity (Wildman–Crippen MR) is 89.6 cm³/mol. The van der Waals surface area contributed by atoms with Crippen molar-refractivity contribution in [2.75, 3.05) is 6.54 Å². The third kappa shape index (κ3) is 4.22. The van der Waals surface area contributed by atoms with Crippen molar-refractivity contribution in [1.82, 2.24) is 10.2 Å². The third-order valence-corrected chi connectivity index (χ3v) is 4.15. The summed E-state index contributed by atoms with van der Waals surface area (Å²) >= 11 is 0. The van der Waals surface area contributed by atoms with Crippen LogP contribution >= 0.6 is 12.4 Å². The molecule has 0 aliphatic carbocycles. The number of carbonyl (C=O) groups is 1. The summed E-state index contributed by atoms with van der Waals surface area (Å²) < 4.78 is 0. The van der Waals surface area contributed by atoms with Crippen molar-refractivity contribution >= 4 is 18.3 Å². The Kier molecular flexibility index (Phi) is 6.57. The van der Waals surface area contributed by atoms with E-state index in [0.29, 0.717) is 12.8 Å². The van der Waals surface area contributed by atoms with Gasteiger partial charge in [-0.25, -0.2) is 0 Å². The van der Waals surface area contributed by atoms with Crippen molar-refractivity contribution in [3.63, 3.8) is 0 Å². The standard InChI is InChI=1S/C17H20N4O.ClH/c1-17(2,13-6-4-3-5-7-13)20-12-16(22)21-14(10-18)8-9-15(21)11-19;/h3-7,14-15,20H,8-9,12H2,1-2H3;1H/t14-,15+;. The molecule has 6 heteroatoms. The molecule has 2 atom stereocenters. The van der Waals surface area contributed by atoms with E-state index in [1.807, 2.05) is 44.2 Å². The largest absolute Gasteiger partial charge is 0.310 e. The van der Waals surface area contributed by atoms with Crippen molar-refractivity contribution in [3.8, 4) is 12.1 Å². The number of hydrogen-bond acceptors (Lipinski definition) is 4. The molecule has 1 saturated heterocycles. The first kappa shape index (κ1) is 19.0. The van der Waals surface area contributed by atoms with E-state index in [4.69, 9.17) is 10.5 Å². The van der Waals surface area contributed by atoms with Crippen LogP contribution in [0.25, 0.3) is 0 Å². The summed E-state index contributed by atoms with van der Waals surface area (Å²) in [5.74, 6) is -0.195. The van der Waals surface area contributed by atoms with Crippen LogP contribution in [0.3, 0.4) is 0 Å². The Morgan fingerprint density at radius 1 is 1.22 bits per heavy atom. The summed E-state index contributed by atoms with van der Waals surface area (Å²) in [5.41, 5.74) is 0.721. The molecule has 5 nitrogen and oxygen atoms in total. The Hall–Kier alpha value is -2.08. The highest BCUT2D eigenvalue weighted by Crippen LogP contribution is 2.24. The van der Waals surface area contributed by atoms with Gasteiger partial charge in [0.1, 0.15) is 12.1 Å². The molecular formula is C17H21ClN4O. The number of halogens is 1. The zero-order chi connectivity index (χ0) is 16.2. The zero-order valence-electron chi connectivity index (χ0n) is 13.3. The topological polar surface area (TPSA) is 79.9 Å². The van der Waals surface area contributed by atoms with Gasteiger partial charge >= 0.3 is 0 Å². The number of likely N-dealkylation sites (tertiary alicyclic amines) is 1. The molecule has 1 aliphatic rings.